The number of rotatable bonds is 13. The highest BCUT2D eigenvalue weighted by atomic mass is 16.3. The summed E-state index contributed by atoms with van der Waals surface area (Å²) in [4.78, 5) is 81.5. The molecule has 0 aliphatic carbocycles. The smallest absolute Gasteiger partial charge is 0.261 e. The van der Waals surface area contributed by atoms with Crippen molar-refractivity contribution in [3.8, 4) is 51.0 Å². The van der Waals surface area contributed by atoms with E-state index in [9.17, 15) is 29.7 Å². The third-order valence-corrected chi connectivity index (χ3v) is 21.9. The normalized spacial score (nSPS) is 15.4. The van der Waals surface area contributed by atoms with Gasteiger partial charge in [0.15, 0.2) is 0 Å². The van der Waals surface area contributed by atoms with Gasteiger partial charge in [0.05, 0.1) is 49.8 Å². The standard InChI is InChI=1S/C31H35N5O2.C29H31N5O2.C25H23N5O2/c1-20-19-32-30-26(20)27-24-13-10-22(35-15-5-4-6-16-35)18-25(24)36(17-7-14-34(2)3)31(38)28(27)29(33-30)21-8-11-23(37)12-9-21;1-19-18-30-28-24(19)25-22-6-3-4-7-23(22)34(13-5-12-33-16-14-32(2)15-17-33)29(36)26(25)27(31-28)20-8-10-21(35)11-9-20;1-13-11-27-24-20(13)21-18-7-4-16(30-9-8-15(26)12-30)10-19(18)28-25(32)22(21)23(29-24)14-2-5-17(31)6-3-14/h8-13,18-19,37H,4-7,14-17H2,1-3H3,(H,32,33);3-4,6-11,18,35H,5,12-17H2,1-2H3,(H,30,31);2-7,10-11,15,31H,8-9,12,26H2,1H3,(H,27,29)(H,28,32)/t;;15-/m..1/s1. The number of piperazine rings is 1. The molecule has 0 saturated carbocycles. The summed E-state index contributed by atoms with van der Waals surface area (Å²) >= 11 is 0. The molecule has 1 atom stereocenters. The van der Waals surface area contributed by atoms with Crippen molar-refractivity contribution < 1.29 is 15.3 Å². The molecule has 3 fully saturated rings. The zero-order valence-electron chi connectivity index (χ0n) is 60.9. The maximum absolute atomic E-state index is 14.5. The van der Waals surface area contributed by atoms with Crippen LogP contribution in [0.2, 0.25) is 0 Å². The number of benzene rings is 6. The molecule has 106 heavy (non-hydrogen) atoms. The van der Waals surface area contributed by atoms with Crippen molar-refractivity contribution in [3.05, 3.63) is 200 Å². The molecular formula is C85H89N15O6. The number of hydrogen-bond donors (Lipinski definition) is 8. The zero-order valence-corrected chi connectivity index (χ0v) is 60.9. The van der Waals surface area contributed by atoms with Crippen LogP contribution in [0.15, 0.2) is 166 Å². The summed E-state index contributed by atoms with van der Waals surface area (Å²) in [7, 11) is 6.29. The van der Waals surface area contributed by atoms with E-state index in [1.807, 2.05) is 77.1 Å². The number of piperidine rings is 1. The molecule has 0 unspecified atom stereocenters. The number of pyridine rings is 6. The summed E-state index contributed by atoms with van der Waals surface area (Å²) in [6.45, 7) is 17.5. The Labute approximate surface area is 611 Å². The number of aromatic hydroxyl groups is 3. The minimum atomic E-state index is -0.180. The molecule has 3 saturated heterocycles. The van der Waals surface area contributed by atoms with Gasteiger partial charge in [-0.2, -0.15) is 0 Å². The lowest BCUT2D eigenvalue weighted by atomic mass is 9.97. The molecule has 15 aromatic rings. The van der Waals surface area contributed by atoms with Crippen LogP contribution >= 0.6 is 0 Å². The fourth-order valence-corrected chi connectivity index (χ4v) is 16.4. The van der Waals surface area contributed by atoms with Crippen molar-refractivity contribution in [2.45, 2.75) is 78.4 Å². The molecule has 3 aliphatic heterocycles. The molecule has 21 nitrogen and oxygen atoms in total. The summed E-state index contributed by atoms with van der Waals surface area (Å²) in [6, 6.07) is 41.9. The number of nitrogens with zero attached hydrogens (tertiary/aromatic N) is 10. The Morgan fingerprint density at radius 1 is 0.481 bits per heavy atom. The van der Waals surface area contributed by atoms with Gasteiger partial charge in [-0.1, -0.05) is 30.3 Å². The fourth-order valence-electron chi connectivity index (χ4n) is 16.4. The number of fused-ring (bicyclic) bond motifs is 15. The van der Waals surface area contributed by atoms with Gasteiger partial charge in [-0.3, -0.25) is 14.4 Å². The minimum absolute atomic E-state index is 0.0137. The monoisotopic (exact) mass is 1420 g/mol. The predicted molar refractivity (Wildman–Crippen MR) is 431 cm³/mol. The Morgan fingerprint density at radius 2 is 0.953 bits per heavy atom. The fraction of sp³-hybridized carbons (Fsp3) is 0.294. The second-order valence-electron chi connectivity index (χ2n) is 29.4. The van der Waals surface area contributed by atoms with Crippen molar-refractivity contribution >= 4 is 110 Å². The number of phenolic OH excluding ortho intramolecular Hbond substituents is 3. The van der Waals surface area contributed by atoms with Gasteiger partial charge < -0.3 is 74.6 Å². The molecule has 0 spiro atoms. The van der Waals surface area contributed by atoms with Crippen LogP contribution in [0, 0.1) is 20.8 Å². The van der Waals surface area contributed by atoms with E-state index in [4.69, 9.17) is 20.7 Å². The Balaban J connectivity index is 0.000000122. The second kappa shape index (κ2) is 28.6. The lowest BCUT2D eigenvalue weighted by Gasteiger charge is -2.32. The van der Waals surface area contributed by atoms with E-state index < -0.39 is 0 Å². The first-order chi connectivity index (χ1) is 51.4. The van der Waals surface area contributed by atoms with Crippen molar-refractivity contribution in [2.24, 2.45) is 5.73 Å². The minimum Gasteiger partial charge on any atom is -0.508 e. The first-order valence-corrected chi connectivity index (χ1v) is 37.0. The van der Waals surface area contributed by atoms with Crippen LogP contribution in [-0.2, 0) is 13.1 Å². The average molecular weight is 1420 g/mol. The first kappa shape index (κ1) is 69.0. The topological polar surface area (TPSA) is 266 Å². The van der Waals surface area contributed by atoms with Crippen LogP contribution in [0.5, 0.6) is 17.2 Å². The second-order valence-corrected chi connectivity index (χ2v) is 29.4. The molecule has 0 amide bonds. The molecule has 6 aromatic carbocycles. The number of H-pyrrole nitrogens is 4. The predicted octanol–water partition coefficient (Wildman–Crippen LogP) is 13.8. The quantitative estimate of drug-likeness (QED) is 0.0499. The van der Waals surface area contributed by atoms with E-state index in [0.29, 0.717) is 46.3 Å². The SMILES string of the molecule is Cc1c[nH]c2nc(-c3ccc(O)cc3)c3c(=O)[nH]c4cc(N5CC[C@@H](N)C5)ccc4c3c12.Cc1c[nH]c2nc(-c3ccc(O)cc3)c3c(=O)n(CCCN(C)C)c4cc(N5CCCCC5)ccc4c3c12.Cc1c[nH]c2nc(-c3ccc(O)cc3)c3c(=O)n(CCCN4CCN(C)CC4)c4ccccc4c3c12. The molecule has 9 N–H and O–H groups in total. The largest absolute Gasteiger partial charge is 0.508 e. The summed E-state index contributed by atoms with van der Waals surface area (Å²) < 4.78 is 3.90. The number of hydrogen-bond acceptors (Lipinski definition) is 15. The third kappa shape index (κ3) is 12.9. The molecule has 18 rings (SSSR count). The van der Waals surface area contributed by atoms with Crippen molar-refractivity contribution in [1.29, 1.82) is 0 Å². The first-order valence-electron chi connectivity index (χ1n) is 37.0. The summed E-state index contributed by atoms with van der Waals surface area (Å²) in [6.07, 6.45) is 12.3. The van der Waals surface area contributed by atoms with Gasteiger partial charge in [0, 0.05) is 167 Å². The molecule has 540 valence electrons. The van der Waals surface area contributed by atoms with Gasteiger partial charge in [0.1, 0.15) is 34.2 Å². The van der Waals surface area contributed by atoms with Crippen LogP contribution in [0.4, 0.5) is 11.4 Å². The van der Waals surface area contributed by atoms with E-state index in [1.165, 1.54) is 24.9 Å². The van der Waals surface area contributed by atoms with Crippen LogP contribution in [-0.4, -0.2) is 167 Å². The highest BCUT2D eigenvalue weighted by Gasteiger charge is 2.27. The van der Waals surface area contributed by atoms with Crippen LogP contribution in [0.1, 0.15) is 55.2 Å². The molecule has 0 radical (unpaired) electrons. The number of aryl methyl sites for hydroxylation is 5. The van der Waals surface area contributed by atoms with E-state index in [1.54, 1.807) is 48.5 Å². The maximum Gasteiger partial charge on any atom is 0.261 e. The van der Waals surface area contributed by atoms with E-state index in [-0.39, 0.29) is 40.0 Å². The molecule has 9 aromatic heterocycles. The van der Waals surface area contributed by atoms with Crippen LogP contribution < -0.4 is 32.2 Å². The molecule has 12 heterocycles. The van der Waals surface area contributed by atoms with Gasteiger partial charge in [-0.25, -0.2) is 15.0 Å². The Hall–Kier alpha value is -11.4. The average Bonchev–Trinajstić information content (AvgIpc) is 1.29. The van der Waals surface area contributed by atoms with Crippen LogP contribution in [0.3, 0.4) is 0 Å². The maximum atomic E-state index is 14.5. The van der Waals surface area contributed by atoms with Crippen LogP contribution in [0.25, 0.3) is 132 Å². The van der Waals surface area contributed by atoms with Crippen molar-refractivity contribution in [3.63, 3.8) is 0 Å². The van der Waals surface area contributed by atoms with Crippen molar-refractivity contribution in [1.82, 2.24) is 58.7 Å². The summed E-state index contributed by atoms with van der Waals surface area (Å²) in [5.41, 5.74) is 20.6. The van der Waals surface area contributed by atoms with Gasteiger partial charge in [-0.05, 0) is 213 Å². The van der Waals surface area contributed by atoms with Gasteiger partial charge in [0.2, 0.25) is 0 Å². The van der Waals surface area contributed by atoms with E-state index in [0.717, 1.165) is 206 Å². The number of aromatic nitrogens is 9. The zero-order chi connectivity index (χ0) is 73.2. The molecule has 21 heteroatoms. The van der Waals surface area contributed by atoms with E-state index in [2.05, 4.69) is 122 Å². The molecular weight excluding hydrogens is 1330 g/mol. The third-order valence-electron chi connectivity index (χ3n) is 21.9. The Morgan fingerprint density at radius 3 is 1.47 bits per heavy atom. The number of aromatic amines is 4. The highest BCUT2D eigenvalue weighted by Crippen LogP contribution is 2.42. The lowest BCUT2D eigenvalue weighted by molar-refractivity contribution is 0.151. The summed E-state index contributed by atoms with van der Waals surface area (Å²) in [5, 5.41) is 40.1. The van der Waals surface area contributed by atoms with Crippen molar-refractivity contribution in [2.75, 3.05) is 96.4 Å². The number of para-hydroxylation sites is 1. The van der Waals surface area contributed by atoms with E-state index >= 15 is 0 Å². The van der Waals surface area contributed by atoms with Gasteiger partial charge >= 0.3 is 0 Å². The number of anilines is 2. The highest BCUT2D eigenvalue weighted by molar-refractivity contribution is 6.24. The Kier molecular flexibility index (Phi) is 18.6. The molecule has 3 aliphatic rings. The number of nitrogens with one attached hydrogen (secondary N) is 4. The molecule has 0 bridgehead atoms. The number of phenols is 3. The van der Waals surface area contributed by atoms with Gasteiger partial charge in [0.25, 0.3) is 16.7 Å². The number of likely N-dealkylation sites (N-methyl/N-ethyl adjacent to an activating group) is 1. The number of nitrogens with two attached hydrogens (primary N) is 1. The Bertz CT molecular complexity index is 6060. The van der Waals surface area contributed by atoms with Gasteiger partial charge in [-0.15, -0.1) is 0 Å². The lowest BCUT2D eigenvalue weighted by Crippen LogP contribution is -2.44. The summed E-state index contributed by atoms with van der Waals surface area (Å²) in [5.74, 6) is 0.543.